The van der Waals surface area contributed by atoms with E-state index in [9.17, 15) is 9.59 Å². The molecule has 5 rings (SSSR count). The summed E-state index contributed by atoms with van der Waals surface area (Å²) in [6, 6.07) is 13.7. The minimum absolute atomic E-state index is 0.0455. The Labute approximate surface area is 203 Å². The first-order valence-corrected chi connectivity index (χ1v) is 12.5. The summed E-state index contributed by atoms with van der Waals surface area (Å²) in [5.74, 6) is 1.15. The Hall–Kier alpha value is -3.10. The van der Waals surface area contributed by atoms with Gasteiger partial charge in [-0.3, -0.25) is 14.5 Å². The Bertz CT molecular complexity index is 1140. The predicted molar refractivity (Wildman–Crippen MR) is 130 cm³/mol. The number of benzene rings is 1. The van der Waals surface area contributed by atoms with E-state index in [0.29, 0.717) is 31.9 Å². The van der Waals surface area contributed by atoms with E-state index in [1.54, 1.807) is 35.5 Å². The first-order valence-electron chi connectivity index (χ1n) is 11.6. The van der Waals surface area contributed by atoms with Crippen molar-refractivity contribution in [2.24, 2.45) is 0 Å². The molecule has 2 aromatic heterocycles. The summed E-state index contributed by atoms with van der Waals surface area (Å²) in [6.45, 7) is 4.73. The van der Waals surface area contributed by atoms with Crippen LogP contribution < -0.4 is 4.74 Å². The standard InChI is InChI=1S/C26H29N3O4S/c1-18-16-27(12-13-29(18)26(31)22-4-3-14-33-22)24(30)17-28-11-9-23-21(10-15-34-23)25(28)19-5-7-20(32-2)8-6-19/h3-8,10,14-15,18,25H,9,11-13,16-17H2,1-2H3. The summed E-state index contributed by atoms with van der Waals surface area (Å²) in [5.41, 5.74) is 2.45. The second kappa shape index (κ2) is 9.64. The highest BCUT2D eigenvalue weighted by Gasteiger charge is 2.35. The average Bonchev–Trinajstić information content (AvgIpc) is 3.56. The van der Waals surface area contributed by atoms with E-state index in [0.717, 1.165) is 24.3 Å². The number of methoxy groups -OCH3 is 1. The third kappa shape index (κ3) is 4.35. The Morgan fingerprint density at radius 2 is 1.94 bits per heavy atom. The third-order valence-corrected chi connectivity index (χ3v) is 7.81. The maximum atomic E-state index is 13.4. The molecule has 0 saturated carbocycles. The number of thiophene rings is 1. The maximum absolute atomic E-state index is 13.4. The van der Waals surface area contributed by atoms with Gasteiger partial charge in [-0.25, -0.2) is 0 Å². The van der Waals surface area contributed by atoms with E-state index in [1.165, 1.54) is 16.7 Å². The maximum Gasteiger partial charge on any atom is 0.289 e. The lowest BCUT2D eigenvalue weighted by Crippen LogP contribution is -2.57. The van der Waals surface area contributed by atoms with Gasteiger partial charge in [-0.15, -0.1) is 11.3 Å². The number of amides is 2. The molecule has 7 nitrogen and oxygen atoms in total. The number of nitrogens with zero attached hydrogens (tertiary/aromatic N) is 3. The quantitative estimate of drug-likeness (QED) is 0.559. The fraction of sp³-hybridized carbons (Fsp3) is 0.385. The molecular formula is C26H29N3O4S. The zero-order chi connectivity index (χ0) is 23.7. The lowest BCUT2D eigenvalue weighted by molar-refractivity contribution is -0.135. The van der Waals surface area contributed by atoms with Crippen molar-refractivity contribution in [3.8, 4) is 5.75 Å². The summed E-state index contributed by atoms with van der Waals surface area (Å²) in [7, 11) is 1.67. The highest BCUT2D eigenvalue weighted by Crippen LogP contribution is 2.38. The van der Waals surface area contributed by atoms with Crippen LogP contribution in [0.3, 0.4) is 0 Å². The van der Waals surface area contributed by atoms with Crippen molar-refractivity contribution < 1.29 is 18.7 Å². The number of furan rings is 1. The van der Waals surface area contributed by atoms with Crippen molar-refractivity contribution in [2.45, 2.75) is 25.4 Å². The van der Waals surface area contributed by atoms with Crippen molar-refractivity contribution in [3.63, 3.8) is 0 Å². The molecule has 0 N–H and O–H groups in total. The predicted octanol–water partition coefficient (Wildman–Crippen LogP) is 3.67. The Morgan fingerprint density at radius 1 is 1.12 bits per heavy atom. The summed E-state index contributed by atoms with van der Waals surface area (Å²) in [6.07, 6.45) is 2.46. The zero-order valence-electron chi connectivity index (χ0n) is 19.5. The van der Waals surface area contributed by atoms with Crippen LogP contribution in [0.15, 0.2) is 58.5 Å². The third-order valence-electron chi connectivity index (χ3n) is 6.81. The van der Waals surface area contributed by atoms with Gasteiger partial charge in [0.1, 0.15) is 5.75 Å². The van der Waals surface area contributed by atoms with Crippen LogP contribution in [-0.4, -0.2) is 72.4 Å². The van der Waals surface area contributed by atoms with Crippen molar-refractivity contribution in [3.05, 3.63) is 75.9 Å². The summed E-state index contributed by atoms with van der Waals surface area (Å²) in [5, 5.41) is 2.14. The van der Waals surface area contributed by atoms with Crippen molar-refractivity contribution in [1.82, 2.24) is 14.7 Å². The van der Waals surface area contributed by atoms with Crippen molar-refractivity contribution >= 4 is 23.2 Å². The Morgan fingerprint density at radius 3 is 2.65 bits per heavy atom. The van der Waals surface area contributed by atoms with Crippen LogP contribution in [0, 0.1) is 0 Å². The van der Waals surface area contributed by atoms with Gasteiger partial charge >= 0.3 is 0 Å². The zero-order valence-corrected chi connectivity index (χ0v) is 20.3. The van der Waals surface area contributed by atoms with Crippen LogP contribution in [0.1, 0.15) is 39.5 Å². The van der Waals surface area contributed by atoms with E-state index in [2.05, 4.69) is 28.5 Å². The average molecular weight is 480 g/mol. The first kappa shape index (κ1) is 22.7. The van der Waals surface area contributed by atoms with Crippen LogP contribution >= 0.6 is 11.3 Å². The number of fused-ring (bicyclic) bond motifs is 1. The molecule has 0 aliphatic carbocycles. The van der Waals surface area contributed by atoms with Crippen LogP contribution in [0.4, 0.5) is 0 Å². The van der Waals surface area contributed by atoms with E-state index in [1.807, 2.05) is 24.0 Å². The van der Waals surface area contributed by atoms with Gasteiger partial charge in [-0.2, -0.15) is 0 Å². The minimum Gasteiger partial charge on any atom is -0.497 e. The van der Waals surface area contributed by atoms with Crippen molar-refractivity contribution in [1.29, 1.82) is 0 Å². The lowest BCUT2D eigenvalue weighted by atomic mass is 9.93. The topological polar surface area (TPSA) is 66.2 Å². The number of ether oxygens (including phenoxy) is 1. The molecule has 2 atom stereocenters. The molecule has 3 aromatic rings. The number of carbonyl (C=O) groups excluding carboxylic acids is 2. The van der Waals surface area contributed by atoms with E-state index >= 15 is 0 Å². The fourth-order valence-corrected chi connectivity index (χ4v) is 5.92. The molecule has 4 heterocycles. The number of piperazine rings is 1. The molecule has 2 amide bonds. The number of carbonyl (C=O) groups is 2. The Balaban J connectivity index is 1.29. The smallest absolute Gasteiger partial charge is 0.289 e. The summed E-state index contributed by atoms with van der Waals surface area (Å²) in [4.78, 5) is 33.5. The molecule has 0 radical (unpaired) electrons. The molecular weight excluding hydrogens is 450 g/mol. The van der Waals surface area contributed by atoms with Gasteiger partial charge < -0.3 is 19.0 Å². The minimum atomic E-state index is -0.120. The van der Waals surface area contributed by atoms with Crippen LogP contribution in [0.25, 0.3) is 0 Å². The molecule has 0 bridgehead atoms. The van der Waals surface area contributed by atoms with Crippen molar-refractivity contribution in [2.75, 3.05) is 39.8 Å². The summed E-state index contributed by atoms with van der Waals surface area (Å²) >= 11 is 1.79. The largest absolute Gasteiger partial charge is 0.497 e. The molecule has 2 unspecified atom stereocenters. The van der Waals surface area contributed by atoms with Gasteiger partial charge in [0, 0.05) is 37.1 Å². The SMILES string of the molecule is COc1ccc(C2c3ccsc3CCN2CC(=O)N2CCN(C(=O)c3ccco3)C(C)C2)cc1. The molecule has 0 spiro atoms. The molecule has 178 valence electrons. The fourth-order valence-electron chi connectivity index (χ4n) is 5.02. The van der Waals surface area contributed by atoms with E-state index < -0.39 is 0 Å². The normalized spacial score (nSPS) is 20.8. The number of hydrogen-bond donors (Lipinski definition) is 0. The number of hydrogen-bond acceptors (Lipinski definition) is 6. The van der Waals surface area contributed by atoms with Gasteiger partial charge in [-0.05, 0) is 60.2 Å². The van der Waals surface area contributed by atoms with Gasteiger partial charge in [0.15, 0.2) is 5.76 Å². The van der Waals surface area contributed by atoms with E-state index in [4.69, 9.17) is 9.15 Å². The lowest BCUT2D eigenvalue weighted by Gasteiger charge is -2.41. The molecule has 1 saturated heterocycles. The highest BCUT2D eigenvalue weighted by atomic mass is 32.1. The van der Waals surface area contributed by atoms with Crippen LogP contribution in [0.5, 0.6) is 5.75 Å². The molecule has 1 fully saturated rings. The highest BCUT2D eigenvalue weighted by molar-refractivity contribution is 7.10. The monoisotopic (exact) mass is 479 g/mol. The van der Waals surface area contributed by atoms with Gasteiger partial charge in [0.2, 0.25) is 5.91 Å². The first-order chi connectivity index (χ1) is 16.5. The molecule has 34 heavy (non-hydrogen) atoms. The molecule has 2 aliphatic rings. The Kier molecular flexibility index (Phi) is 6.43. The molecule has 8 heteroatoms. The molecule has 2 aliphatic heterocycles. The summed E-state index contributed by atoms with van der Waals surface area (Å²) < 4.78 is 10.6. The second-order valence-corrected chi connectivity index (χ2v) is 9.86. The van der Waals surface area contributed by atoms with E-state index in [-0.39, 0.29) is 23.9 Å². The van der Waals surface area contributed by atoms with Crippen LogP contribution in [0.2, 0.25) is 0 Å². The molecule has 1 aromatic carbocycles. The van der Waals surface area contributed by atoms with Crippen LogP contribution in [-0.2, 0) is 11.2 Å². The van der Waals surface area contributed by atoms with Gasteiger partial charge in [0.25, 0.3) is 5.91 Å². The second-order valence-electron chi connectivity index (χ2n) is 8.86. The van der Waals surface area contributed by atoms with Gasteiger partial charge in [-0.1, -0.05) is 12.1 Å². The number of rotatable bonds is 5. The van der Waals surface area contributed by atoms with Gasteiger partial charge in [0.05, 0.1) is 26.0 Å².